The second-order valence-electron chi connectivity index (χ2n) is 7.30. The molecule has 2 aromatic heterocycles. The van der Waals surface area contributed by atoms with Crippen LogP contribution < -0.4 is 10.2 Å². The maximum Gasteiger partial charge on any atom is 0.205 e. The van der Waals surface area contributed by atoms with Gasteiger partial charge in [-0.1, -0.05) is 24.3 Å². The van der Waals surface area contributed by atoms with Gasteiger partial charge in [0, 0.05) is 39.3 Å². The molecule has 1 saturated heterocycles. The average Bonchev–Trinajstić information content (AvgIpc) is 3.19. The molecule has 0 unspecified atom stereocenters. The summed E-state index contributed by atoms with van der Waals surface area (Å²) in [5.74, 6) is 1.68. The van der Waals surface area contributed by atoms with E-state index in [9.17, 15) is 0 Å². The van der Waals surface area contributed by atoms with Crippen molar-refractivity contribution < 1.29 is 4.74 Å². The first-order chi connectivity index (χ1) is 13.9. The molecule has 0 aliphatic carbocycles. The van der Waals surface area contributed by atoms with Crippen molar-refractivity contribution in [2.75, 3.05) is 56.2 Å². The van der Waals surface area contributed by atoms with Gasteiger partial charge in [-0.2, -0.15) is 4.98 Å². The lowest BCUT2D eigenvalue weighted by molar-refractivity contribution is 0.0398. The second kappa shape index (κ2) is 7.73. The number of aromatic nitrogens is 4. The number of fused-ring (bicyclic) bond motifs is 2. The molecule has 2 N–H and O–H groups in total. The summed E-state index contributed by atoms with van der Waals surface area (Å²) in [6, 6.07) is 8.62. The topological polar surface area (TPSA) is 82.2 Å². The summed E-state index contributed by atoms with van der Waals surface area (Å²) in [6.45, 7) is 7.24. The minimum Gasteiger partial charge on any atom is -0.379 e. The summed E-state index contributed by atoms with van der Waals surface area (Å²) < 4.78 is 5.40. The highest BCUT2D eigenvalue weighted by molar-refractivity contribution is 5.84. The molecule has 1 fully saturated rings. The Labute approximate surface area is 163 Å². The summed E-state index contributed by atoms with van der Waals surface area (Å²) >= 11 is 0. The second-order valence-corrected chi connectivity index (χ2v) is 7.30. The Kier molecular flexibility index (Phi) is 4.80. The summed E-state index contributed by atoms with van der Waals surface area (Å²) in [4.78, 5) is 21.6. The fraction of sp³-hybridized carbons (Fsp3) is 0.450. The first kappa shape index (κ1) is 17.4. The molecule has 5 rings (SSSR count). The van der Waals surface area contributed by atoms with Crippen LogP contribution in [0.1, 0.15) is 11.1 Å². The summed E-state index contributed by atoms with van der Waals surface area (Å²) in [5.41, 5.74) is 4.38. The van der Waals surface area contributed by atoms with E-state index in [1.807, 2.05) is 0 Å². The molecule has 4 heterocycles. The number of imidazole rings is 1. The van der Waals surface area contributed by atoms with E-state index in [4.69, 9.17) is 9.72 Å². The van der Waals surface area contributed by atoms with Crippen LogP contribution in [0.3, 0.4) is 0 Å². The van der Waals surface area contributed by atoms with Gasteiger partial charge in [0.1, 0.15) is 11.8 Å². The number of H-pyrrole nitrogens is 1. The highest BCUT2D eigenvalue weighted by atomic mass is 16.5. The smallest absolute Gasteiger partial charge is 0.205 e. The molecule has 0 spiro atoms. The van der Waals surface area contributed by atoms with Crippen LogP contribution in [0, 0.1) is 0 Å². The van der Waals surface area contributed by atoms with Crippen LogP contribution in [0.4, 0.5) is 11.8 Å². The summed E-state index contributed by atoms with van der Waals surface area (Å²) in [5, 5.41) is 3.44. The van der Waals surface area contributed by atoms with Gasteiger partial charge in [0.2, 0.25) is 5.95 Å². The third-order valence-corrected chi connectivity index (χ3v) is 5.53. The number of benzene rings is 1. The molecule has 8 heteroatoms. The molecule has 146 valence electrons. The van der Waals surface area contributed by atoms with Crippen molar-refractivity contribution in [2.45, 2.75) is 13.0 Å². The molecule has 0 atom stereocenters. The van der Waals surface area contributed by atoms with Crippen molar-refractivity contribution in [3.63, 3.8) is 0 Å². The zero-order valence-electron chi connectivity index (χ0n) is 15.9. The molecule has 0 bridgehead atoms. The maximum absolute atomic E-state index is 5.40. The number of hydrogen-bond acceptors (Lipinski definition) is 7. The van der Waals surface area contributed by atoms with Crippen molar-refractivity contribution in [3.05, 3.63) is 41.7 Å². The van der Waals surface area contributed by atoms with Gasteiger partial charge in [0.05, 0.1) is 13.2 Å². The van der Waals surface area contributed by atoms with Gasteiger partial charge in [-0.05, 0) is 17.5 Å². The van der Waals surface area contributed by atoms with Crippen LogP contribution >= 0.6 is 0 Å². The van der Waals surface area contributed by atoms with E-state index in [0.717, 1.165) is 76.2 Å². The van der Waals surface area contributed by atoms with E-state index >= 15 is 0 Å². The van der Waals surface area contributed by atoms with E-state index in [1.54, 1.807) is 6.33 Å². The molecule has 3 aromatic rings. The molecule has 0 saturated carbocycles. The Morgan fingerprint density at radius 3 is 2.82 bits per heavy atom. The lowest BCUT2D eigenvalue weighted by Crippen LogP contribution is -2.39. The first-order valence-corrected chi connectivity index (χ1v) is 9.93. The van der Waals surface area contributed by atoms with Gasteiger partial charge in [0.15, 0.2) is 11.5 Å². The number of ether oxygens (including phenoxy) is 1. The predicted octanol–water partition coefficient (Wildman–Crippen LogP) is 1.66. The van der Waals surface area contributed by atoms with Gasteiger partial charge in [-0.3, -0.25) is 4.90 Å². The van der Waals surface area contributed by atoms with Crippen molar-refractivity contribution >= 4 is 22.9 Å². The van der Waals surface area contributed by atoms with Gasteiger partial charge in [0.25, 0.3) is 0 Å². The van der Waals surface area contributed by atoms with E-state index < -0.39 is 0 Å². The van der Waals surface area contributed by atoms with E-state index in [1.165, 1.54) is 11.1 Å². The lowest BCUT2D eigenvalue weighted by atomic mass is 10.0. The zero-order chi connectivity index (χ0) is 18.8. The fourth-order valence-corrected chi connectivity index (χ4v) is 3.93. The Morgan fingerprint density at radius 1 is 1.07 bits per heavy atom. The van der Waals surface area contributed by atoms with Crippen LogP contribution in [0.25, 0.3) is 11.2 Å². The maximum atomic E-state index is 5.40. The molecule has 0 radical (unpaired) electrons. The van der Waals surface area contributed by atoms with Gasteiger partial charge in [-0.15, -0.1) is 0 Å². The van der Waals surface area contributed by atoms with Crippen LogP contribution in [0.15, 0.2) is 30.6 Å². The number of hydrogen-bond donors (Lipinski definition) is 2. The molecular formula is C20H25N7O. The van der Waals surface area contributed by atoms with E-state index in [0.29, 0.717) is 5.65 Å². The van der Waals surface area contributed by atoms with Crippen molar-refractivity contribution in [1.82, 2.24) is 24.8 Å². The molecule has 2 aliphatic rings. The van der Waals surface area contributed by atoms with Crippen molar-refractivity contribution in [1.29, 1.82) is 0 Å². The number of rotatable bonds is 5. The molecule has 8 nitrogen and oxygen atoms in total. The summed E-state index contributed by atoms with van der Waals surface area (Å²) in [6.07, 6.45) is 2.61. The van der Waals surface area contributed by atoms with Crippen LogP contribution in [-0.4, -0.2) is 70.8 Å². The minimum absolute atomic E-state index is 0.706. The standard InChI is InChI=1S/C20H25N7O/c1-2-4-16-13-27(7-5-15(16)3-1)20-24-17-18(22-14-23-19(17)25-20)21-6-8-26-9-11-28-12-10-26/h1-4,14H,5-13H2,(H2,21,22,23,24,25). The van der Waals surface area contributed by atoms with E-state index in [-0.39, 0.29) is 0 Å². The molecule has 1 aromatic carbocycles. The normalized spacial score (nSPS) is 17.6. The first-order valence-electron chi connectivity index (χ1n) is 9.93. The molecule has 0 amide bonds. The highest BCUT2D eigenvalue weighted by Gasteiger charge is 2.20. The largest absolute Gasteiger partial charge is 0.379 e. The highest BCUT2D eigenvalue weighted by Crippen LogP contribution is 2.25. The van der Waals surface area contributed by atoms with Crippen LogP contribution in [0.2, 0.25) is 0 Å². The monoisotopic (exact) mass is 379 g/mol. The predicted molar refractivity (Wildman–Crippen MR) is 109 cm³/mol. The third kappa shape index (κ3) is 3.53. The minimum atomic E-state index is 0.706. The number of morpholine rings is 1. The van der Waals surface area contributed by atoms with Gasteiger partial charge in [-0.25, -0.2) is 9.97 Å². The Morgan fingerprint density at radius 2 is 1.93 bits per heavy atom. The SMILES string of the molecule is c1ccc2c(c1)CCN(c1nc3ncnc(NCCN4CCOCC4)c3[nH]1)C2. The van der Waals surface area contributed by atoms with Crippen LogP contribution in [0.5, 0.6) is 0 Å². The lowest BCUT2D eigenvalue weighted by Gasteiger charge is -2.28. The molecular weight excluding hydrogens is 354 g/mol. The third-order valence-electron chi connectivity index (χ3n) is 5.53. The molecule has 28 heavy (non-hydrogen) atoms. The van der Waals surface area contributed by atoms with Crippen molar-refractivity contribution in [3.8, 4) is 0 Å². The van der Waals surface area contributed by atoms with Crippen molar-refractivity contribution in [2.24, 2.45) is 0 Å². The Balaban J connectivity index is 1.30. The Hall–Kier alpha value is -2.71. The van der Waals surface area contributed by atoms with E-state index in [2.05, 4.69) is 54.3 Å². The van der Waals surface area contributed by atoms with Crippen LogP contribution in [-0.2, 0) is 17.7 Å². The average molecular weight is 379 g/mol. The quantitative estimate of drug-likeness (QED) is 0.698. The number of nitrogens with one attached hydrogen (secondary N) is 2. The zero-order valence-corrected chi connectivity index (χ0v) is 15.9. The molecule has 2 aliphatic heterocycles. The fourth-order valence-electron chi connectivity index (χ4n) is 3.93. The number of aromatic amines is 1. The Bertz CT molecular complexity index is 951. The number of anilines is 2. The van der Waals surface area contributed by atoms with Gasteiger partial charge >= 0.3 is 0 Å². The summed E-state index contributed by atoms with van der Waals surface area (Å²) in [7, 11) is 0. The number of nitrogens with zero attached hydrogens (tertiary/aromatic N) is 5. The van der Waals surface area contributed by atoms with Gasteiger partial charge < -0.3 is 19.9 Å².